The topological polar surface area (TPSA) is 50.1 Å². The number of hydrogen-bond donors (Lipinski definition) is 2. The Morgan fingerprint density at radius 2 is 1.90 bits per heavy atom. The lowest BCUT2D eigenvalue weighted by molar-refractivity contribution is 0.587. The van der Waals surface area contributed by atoms with Gasteiger partial charge in [-0.2, -0.15) is 0 Å². The van der Waals surface area contributed by atoms with Crippen LogP contribution in [0, 0.1) is 0 Å². The predicted octanol–water partition coefficient (Wildman–Crippen LogP) is 2.76. The van der Waals surface area contributed by atoms with E-state index in [1.165, 1.54) is 5.39 Å². The molecule has 3 rings (SSSR count). The van der Waals surface area contributed by atoms with Crippen LogP contribution < -0.4 is 5.23 Å². The van der Waals surface area contributed by atoms with Crippen molar-refractivity contribution < 1.29 is 5.02 Å². The zero-order chi connectivity index (χ0) is 14.1. The van der Waals surface area contributed by atoms with Crippen molar-refractivity contribution in [2.24, 2.45) is 7.05 Å². The summed E-state index contributed by atoms with van der Waals surface area (Å²) in [7, 11) is 1.35. The third kappa shape index (κ3) is 2.28. The Balaban J connectivity index is 2.24. The van der Waals surface area contributed by atoms with Crippen LogP contribution in [0.25, 0.3) is 22.0 Å². The van der Waals surface area contributed by atoms with Gasteiger partial charge < -0.3 is 14.8 Å². The number of imidazole rings is 1. The molecule has 0 aliphatic carbocycles. The van der Waals surface area contributed by atoms with Gasteiger partial charge >= 0.3 is 7.05 Å². The molecule has 3 aromatic rings. The normalized spacial score (nSPS) is 10.8. The standard InChI is InChI=1S/C15H16BN3O/c1-16(20)18-14-8-12-6-4-3-5-11(12)7-13(14)15-9-17-10-19(15)2/h3-10,18,20H,1-2H3. The maximum absolute atomic E-state index is 9.64. The minimum Gasteiger partial charge on any atom is -0.433 e. The minimum absolute atomic E-state index is 0.608. The van der Waals surface area contributed by atoms with E-state index in [4.69, 9.17) is 0 Å². The van der Waals surface area contributed by atoms with Gasteiger partial charge in [-0.15, -0.1) is 0 Å². The molecule has 2 aromatic carbocycles. The van der Waals surface area contributed by atoms with Gasteiger partial charge in [-0.3, -0.25) is 0 Å². The third-order valence-electron chi connectivity index (χ3n) is 3.34. The Kier molecular flexibility index (Phi) is 3.20. The zero-order valence-corrected chi connectivity index (χ0v) is 11.5. The van der Waals surface area contributed by atoms with Gasteiger partial charge in [-0.1, -0.05) is 24.3 Å². The quantitative estimate of drug-likeness (QED) is 0.716. The lowest BCUT2D eigenvalue weighted by atomic mass is 9.87. The molecule has 0 unspecified atom stereocenters. The Morgan fingerprint density at radius 1 is 1.20 bits per heavy atom. The van der Waals surface area contributed by atoms with Crippen molar-refractivity contribution in [3.63, 3.8) is 0 Å². The van der Waals surface area contributed by atoms with E-state index < -0.39 is 7.05 Å². The molecule has 1 heterocycles. The van der Waals surface area contributed by atoms with Gasteiger partial charge in [0.05, 0.1) is 18.2 Å². The number of fused-ring (bicyclic) bond motifs is 1. The summed E-state index contributed by atoms with van der Waals surface area (Å²) in [6, 6.07) is 12.4. The molecule has 0 aliphatic rings. The number of anilines is 1. The molecule has 0 fully saturated rings. The van der Waals surface area contributed by atoms with E-state index in [1.54, 1.807) is 13.2 Å². The van der Waals surface area contributed by atoms with E-state index in [0.717, 1.165) is 22.3 Å². The Morgan fingerprint density at radius 3 is 2.50 bits per heavy atom. The molecule has 0 atom stereocenters. The molecular weight excluding hydrogens is 249 g/mol. The van der Waals surface area contributed by atoms with Gasteiger partial charge in [0.25, 0.3) is 0 Å². The van der Waals surface area contributed by atoms with E-state index in [9.17, 15) is 5.02 Å². The second kappa shape index (κ2) is 5.02. The molecule has 5 heteroatoms. The summed E-state index contributed by atoms with van der Waals surface area (Å²) in [5, 5.41) is 15.0. The van der Waals surface area contributed by atoms with Crippen molar-refractivity contribution in [1.82, 2.24) is 9.55 Å². The summed E-state index contributed by atoms with van der Waals surface area (Å²) in [4.78, 5) is 4.17. The largest absolute Gasteiger partial charge is 0.433 e. The van der Waals surface area contributed by atoms with E-state index >= 15 is 0 Å². The SMILES string of the molecule is CB(O)Nc1cc2ccccc2cc1-c1cncn1C. The lowest BCUT2D eigenvalue weighted by Crippen LogP contribution is -2.20. The second-order valence-corrected chi connectivity index (χ2v) is 4.96. The van der Waals surface area contributed by atoms with Crippen LogP contribution in [0.2, 0.25) is 6.82 Å². The van der Waals surface area contributed by atoms with Gasteiger partial charge in [0.1, 0.15) is 0 Å². The highest BCUT2D eigenvalue weighted by Crippen LogP contribution is 2.32. The Labute approximate surface area is 118 Å². The predicted molar refractivity (Wildman–Crippen MR) is 83.6 cm³/mol. The molecule has 100 valence electrons. The second-order valence-electron chi connectivity index (χ2n) is 4.96. The number of hydrogen-bond acceptors (Lipinski definition) is 3. The monoisotopic (exact) mass is 265 g/mol. The van der Waals surface area contributed by atoms with E-state index in [0.29, 0.717) is 0 Å². The van der Waals surface area contributed by atoms with Crippen molar-refractivity contribution in [3.05, 3.63) is 48.9 Å². The van der Waals surface area contributed by atoms with Crippen LogP contribution in [0.1, 0.15) is 0 Å². The van der Waals surface area contributed by atoms with Crippen molar-refractivity contribution >= 4 is 23.5 Å². The maximum Gasteiger partial charge on any atom is 0.406 e. The molecule has 0 aliphatic heterocycles. The van der Waals surface area contributed by atoms with Gasteiger partial charge in [0.15, 0.2) is 0 Å². The first-order valence-corrected chi connectivity index (χ1v) is 6.59. The average molecular weight is 265 g/mol. The fourth-order valence-corrected chi connectivity index (χ4v) is 2.41. The molecule has 0 saturated heterocycles. The molecule has 0 bridgehead atoms. The van der Waals surface area contributed by atoms with Crippen molar-refractivity contribution in [2.75, 3.05) is 5.23 Å². The van der Waals surface area contributed by atoms with Crippen molar-refractivity contribution in [1.29, 1.82) is 0 Å². The molecule has 4 nitrogen and oxygen atoms in total. The first-order valence-electron chi connectivity index (χ1n) is 6.59. The summed E-state index contributed by atoms with van der Waals surface area (Å²) in [5.74, 6) is 0. The van der Waals surface area contributed by atoms with Gasteiger partial charge in [0.2, 0.25) is 0 Å². The molecule has 20 heavy (non-hydrogen) atoms. The summed E-state index contributed by atoms with van der Waals surface area (Å²) in [5.41, 5.74) is 2.95. The molecule has 0 saturated carbocycles. The van der Waals surface area contributed by atoms with Crippen LogP contribution in [0.3, 0.4) is 0 Å². The highest BCUT2D eigenvalue weighted by molar-refractivity contribution is 6.53. The fraction of sp³-hybridized carbons (Fsp3) is 0.133. The highest BCUT2D eigenvalue weighted by Gasteiger charge is 2.13. The van der Waals surface area contributed by atoms with Crippen LogP contribution in [0.4, 0.5) is 5.69 Å². The molecule has 0 amide bonds. The molecular formula is C15H16BN3O. The number of benzene rings is 2. The van der Waals surface area contributed by atoms with E-state index in [1.807, 2.05) is 29.9 Å². The smallest absolute Gasteiger partial charge is 0.406 e. The summed E-state index contributed by atoms with van der Waals surface area (Å²) in [6.45, 7) is 1.71. The van der Waals surface area contributed by atoms with Crippen LogP contribution in [0.5, 0.6) is 0 Å². The molecule has 1 aromatic heterocycles. The minimum atomic E-state index is -0.608. The number of rotatable bonds is 3. The Hall–Kier alpha value is -2.27. The summed E-state index contributed by atoms with van der Waals surface area (Å²) >= 11 is 0. The lowest BCUT2D eigenvalue weighted by Gasteiger charge is -2.14. The fourth-order valence-electron chi connectivity index (χ4n) is 2.41. The van der Waals surface area contributed by atoms with Gasteiger partial charge in [-0.25, -0.2) is 4.98 Å². The summed E-state index contributed by atoms with van der Waals surface area (Å²) < 4.78 is 1.97. The van der Waals surface area contributed by atoms with Crippen LogP contribution in [-0.2, 0) is 7.05 Å². The summed E-state index contributed by atoms with van der Waals surface area (Å²) in [6.07, 6.45) is 3.61. The Bertz CT molecular complexity index is 752. The average Bonchev–Trinajstić information content (AvgIpc) is 2.83. The molecule has 0 radical (unpaired) electrons. The molecule has 2 N–H and O–H groups in total. The van der Waals surface area contributed by atoms with Gasteiger partial charge in [-0.05, 0) is 29.7 Å². The van der Waals surface area contributed by atoms with Crippen LogP contribution >= 0.6 is 0 Å². The van der Waals surface area contributed by atoms with Crippen molar-refractivity contribution in [2.45, 2.75) is 6.82 Å². The number of nitrogens with one attached hydrogen (secondary N) is 1. The van der Waals surface area contributed by atoms with Crippen LogP contribution in [-0.4, -0.2) is 21.6 Å². The third-order valence-corrected chi connectivity index (χ3v) is 3.34. The van der Waals surface area contributed by atoms with Crippen LogP contribution in [0.15, 0.2) is 48.9 Å². The zero-order valence-electron chi connectivity index (χ0n) is 11.5. The molecule has 0 spiro atoms. The van der Waals surface area contributed by atoms with Gasteiger partial charge in [0, 0.05) is 18.3 Å². The first kappa shape index (κ1) is 12.8. The number of aromatic nitrogens is 2. The maximum atomic E-state index is 9.64. The van der Waals surface area contributed by atoms with Crippen molar-refractivity contribution in [3.8, 4) is 11.3 Å². The number of aryl methyl sites for hydroxylation is 1. The first-order chi connectivity index (χ1) is 9.65. The highest BCUT2D eigenvalue weighted by atomic mass is 16.2. The number of nitrogens with zero attached hydrogens (tertiary/aromatic N) is 2. The van der Waals surface area contributed by atoms with E-state index in [-0.39, 0.29) is 0 Å². The van der Waals surface area contributed by atoms with E-state index in [2.05, 4.69) is 34.5 Å².